The Morgan fingerprint density at radius 1 is 0.625 bits per heavy atom. The zero-order valence-corrected chi connectivity index (χ0v) is 15.4. The van der Waals surface area contributed by atoms with Crippen LogP contribution in [-0.2, 0) is 13.7 Å². The lowest BCUT2D eigenvalue weighted by Crippen LogP contribution is -2.36. The summed E-state index contributed by atoms with van der Waals surface area (Å²) in [7, 11) is -13.1. The normalized spacial score (nSPS) is 19.1. The van der Waals surface area contributed by atoms with Crippen molar-refractivity contribution in [3.63, 3.8) is 0 Å². The van der Waals surface area contributed by atoms with Crippen molar-refractivity contribution in [2.75, 3.05) is 45.0 Å². The van der Waals surface area contributed by atoms with Crippen LogP contribution in [0.3, 0.4) is 0 Å². The Bertz CT molecular complexity index is 544. The van der Waals surface area contributed by atoms with Crippen molar-refractivity contribution in [3.05, 3.63) is 12.4 Å². The summed E-state index contributed by atoms with van der Waals surface area (Å²) >= 11 is 0. The van der Waals surface area contributed by atoms with Crippen LogP contribution >= 0.6 is 22.8 Å². The molecule has 0 bridgehead atoms. The van der Waals surface area contributed by atoms with Gasteiger partial charge < -0.3 is 39.2 Å². The van der Waals surface area contributed by atoms with E-state index < -0.39 is 41.6 Å². The van der Waals surface area contributed by atoms with Gasteiger partial charge in [-0.15, -0.1) is 0 Å². The van der Waals surface area contributed by atoms with Crippen LogP contribution in [0.1, 0.15) is 0 Å². The molecule has 0 radical (unpaired) electrons. The van der Waals surface area contributed by atoms with E-state index in [1.54, 1.807) is 0 Å². The highest BCUT2D eigenvalue weighted by molar-refractivity contribution is 7.52. The topological polar surface area (TPSA) is 182 Å². The van der Waals surface area contributed by atoms with Crippen molar-refractivity contribution in [1.29, 1.82) is 0 Å². The standard InChI is InChI=1S/C9H22N3O9P3/c13-22(14,15)7-10-1-2-11(8-23(16,17)18)5-6-12(4-3-10)9-24(19,20)21/h1-2H,3-9H2,(H2,13,14,15)(H2,16,17,18)(H2,19,20,21). The lowest BCUT2D eigenvalue weighted by Gasteiger charge is -2.26. The maximum absolute atomic E-state index is 11.2. The van der Waals surface area contributed by atoms with Gasteiger partial charge in [0.25, 0.3) is 0 Å². The summed E-state index contributed by atoms with van der Waals surface area (Å²) < 4.78 is 33.5. The molecule has 0 saturated heterocycles. The van der Waals surface area contributed by atoms with E-state index in [1.807, 2.05) is 0 Å². The summed E-state index contributed by atoms with van der Waals surface area (Å²) in [6.07, 6.45) is 0.819. The predicted molar refractivity (Wildman–Crippen MR) is 84.9 cm³/mol. The van der Waals surface area contributed by atoms with Crippen LogP contribution < -0.4 is 0 Å². The van der Waals surface area contributed by atoms with Gasteiger partial charge in [-0.3, -0.25) is 18.6 Å². The van der Waals surface area contributed by atoms with E-state index in [4.69, 9.17) is 29.4 Å². The van der Waals surface area contributed by atoms with Crippen molar-refractivity contribution >= 4 is 22.8 Å². The summed E-state index contributed by atoms with van der Waals surface area (Å²) in [5, 5.41) is 0. The van der Waals surface area contributed by atoms with Gasteiger partial charge >= 0.3 is 22.8 Å². The summed E-state index contributed by atoms with van der Waals surface area (Å²) in [5.74, 6) is 0. The molecule has 24 heavy (non-hydrogen) atoms. The van der Waals surface area contributed by atoms with Crippen LogP contribution in [0, 0.1) is 0 Å². The molecule has 0 saturated carbocycles. The maximum atomic E-state index is 11.2. The number of hydrogen-bond donors (Lipinski definition) is 6. The molecule has 0 amide bonds. The van der Waals surface area contributed by atoms with Crippen molar-refractivity contribution in [3.8, 4) is 0 Å². The first kappa shape index (κ1) is 21.8. The van der Waals surface area contributed by atoms with Gasteiger partial charge in [0.15, 0.2) is 0 Å². The van der Waals surface area contributed by atoms with Gasteiger partial charge in [-0.25, -0.2) is 0 Å². The van der Waals surface area contributed by atoms with Gasteiger partial charge in [0.05, 0.1) is 0 Å². The van der Waals surface area contributed by atoms with E-state index in [1.165, 1.54) is 27.1 Å². The minimum atomic E-state index is -4.37. The molecule has 0 fully saturated rings. The Balaban J connectivity index is 2.92. The second-order valence-corrected chi connectivity index (χ2v) is 10.3. The van der Waals surface area contributed by atoms with Crippen LogP contribution in [0.2, 0.25) is 0 Å². The van der Waals surface area contributed by atoms with Crippen molar-refractivity contribution in [2.24, 2.45) is 0 Å². The van der Waals surface area contributed by atoms with Crippen molar-refractivity contribution in [1.82, 2.24) is 14.7 Å². The third-order valence-electron chi connectivity index (χ3n) is 3.01. The van der Waals surface area contributed by atoms with E-state index in [9.17, 15) is 13.7 Å². The molecule has 1 aliphatic heterocycles. The van der Waals surface area contributed by atoms with Gasteiger partial charge in [0.1, 0.15) is 18.9 Å². The Hall–Kier alpha value is -0.250. The highest BCUT2D eigenvalue weighted by atomic mass is 31.2. The molecule has 0 aromatic rings. The predicted octanol–water partition coefficient (Wildman–Crippen LogP) is -1.22. The second kappa shape index (κ2) is 8.42. The zero-order chi connectivity index (χ0) is 18.6. The number of rotatable bonds is 6. The molecule has 142 valence electrons. The van der Waals surface area contributed by atoms with Crippen LogP contribution in [0.4, 0.5) is 0 Å². The van der Waals surface area contributed by atoms with E-state index in [-0.39, 0.29) is 26.2 Å². The minimum absolute atomic E-state index is 0.0887. The van der Waals surface area contributed by atoms with Crippen molar-refractivity contribution in [2.45, 2.75) is 0 Å². The molecular formula is C9H22N3O9P3. The van der Waals surface area contributed by atoms with E-state index >= 15 is 0 Å². The fourth-order valence-corrected chi connectivity index (χ4v) is 4.32. The minimum Gasteiger partial charge on any atom is -0.363 e. The molecule has 0 unspecified atom stereocenters. The van der Waals surface area contributed by atoms with E-state index in [0.29, 0.717) is 0 Å². The monoisotopic (exact) mass is 409 g/mol. The SMILES string of the molecule is O=P(O)(O)CN1C=CN(CP(=O)(O)O)CCN(CP(=O)(O)O)CC1. The molecule has 0 spiro atoms. The largest absolute Gasteiger partial charge is 0.363 e. The summed E-state index contributed by atoms with van der Waals surface area (Å²) in [6, 6.07) is 0. The van der Waals surface area contributed by atoms with Crippen LogP contribution in [0.25, 0.3) is 0 Å². The second-order valence-electron chi connectivity index (χ2n) is 5.46. The molecule has 15 heteroatoms. The fraction of sp³-hybridized carbons (Fsp3) is 0.778. The molecule has 0 aromatic heterocycles. The van der Waals surface area contributed by atoms with E-state index in [2.05, 4.69) is 0 Å². The molecule has 0 aromatic carbocycles. The van der Waals surface area contributed by atoms with Crippen LogP contribution in [0.15, 0.2) is 12.4 Å². The Morgan fingerprint density at radius 2 is 0.958 bits per heavy atom. The Morgan fingerprint density at radius 3 is 1.25 bits per heavy atom. The van der Waals surface area contributed by atoms with E-state index in [0.717, 1.165) is 0 Å². The summed E-state index contributed by atoms with van der Waals surface area (Å²) in [5.41, 5.74) is 0. The highest BCUT2D eigenvalue weighted by Gasteiger charge is 2.24. The number of hydrogen-bond acceptors (Lipinski definition) is 6. The van der Waals surface area contributed by atoms with Gasteiger partial charge in [-0.2, -0.15) is 0 Å². The molecule has 1 aliphatic rings. The smallest absolute Gasteiger partial charge is 0.344 e. The molecular weight excluding hydrogens is 387 g/mol. The zero-order valence-electron chi connectivity index (χ0n) is 12.7. The Kier molecular flexibility index (Phi) is 7.65. The number of nitrogens with zero attached hydrogens (tertiary/aromatic N) is 3. The van der Waals surface area contributed by atoms with Gasteiger partial charge in [-0.1, -0.05) is 0 Å². The molecule has 0 atom stereocenters. The Labute approximate surface area is 138 Å². The van der Waals surface area contributed by atoms with Gasteiger partial charge in [0, 0.05) is 38.6 Å². The lowest BCUT2D eigenvalue weighted by atomic mass is 10.5. The molecule has 1 heterocycles. The first-order valence-electron chi connectivity index (χ1n) is 6.76. The van der Waals surface area contributed by atoms with Crippen LogP contribution in [0.5, 0.6) is 0 Å². The fourth-order valence-electron chi connectivity index (χ4n) is 2.10. The van der Waals surface area contributed by atoms with Gasteiger partial charge in [-0.05, 0) is 0 Å². The van der Waals surface area contributed by atoms with Crippen molar-refractivity contribution < 1.29 is 43.1 Å². The first-order chi connectivity index (χ1) is 10.7. The third kappa shape index (κ3) is 10.6. The molecule has 12 nitrogen and oxygen atoms in total. The summed E-state index contributed by atoms with van der Waals surface area (Å²) in [4.78, 5) is 58.3. The maximum Gasteiger partial charge on any atom is 0.344 e. The lowest BCUT2D eigenvalue weighted by molar-refractivity contribution is 0.235. The third-order valence-corrected chi connectivity index (χ3v) is 5.24. The molecule has 1 rings (SSSR count). The first-order valence-corrected chi connectivity index (χ1v) is 12.2. The summed E-state index contributed by atoms with van der Waals surface area (Å²) in [6.45, 7) is 0.426. The molecule has 6 N–H and O–H groups in total. The quantitative estimate of drug-likeness (QED) is 0.288. The van der Waals surface area contributed by atoms with Gasteiger partial charge in [0.2, 0.25) is 0 Å². The average molecular weight is 409 g/mol. The van der Waals surface area contributed by atoms with Crippen LogP contribution in [-0.4, -0.2) is 89.1 Å². The average Bonchev–Trinajstić information content (AvgIpc) is 2.39. The highest BCUT2D eigenvalue weighted by Crippen LogP contribution is 2.38. The molecule has 0 aliphatic carbocycles.